The summed E-state index contributed by atoms with van der Waals surface area (Å²) in [4.78, 5) is 11.8. The standard InChI is InChI=1S/C13H16Cl3NO/c1-9(13(14,15)16)8-12(18)17-10(2)11-6-4-3-5-7-11/h3-7,9-10H,8H2,1-2H3,(H,17,18). The summed E-state index contributed by atoms with van der Waals surface area (Å²) in [7, 11) is 0. The third kappa shape index (κ3) is 5.05. The van der Waals surface area contributed by atoms with E-state index in [2.05, 4.69) is 5.32 Å². The number of amides is 1. The topological polar surface area (TPSA) is 29.1 Å². The second kappa shape index (κ2) is 6.65. The molecule has 0 saturated carbocycles. The van der Waals surface area contributed by atoms with E-state index in [9.17, 15) is 4.79 Å². The Kier molecular flexibility index (Phi) is 5.77. The number of hydrogen-bond acceptors (Lipinski definition) is 1. The molecular weight excluding hydrogens is 293 g/mol. The third-order valence-corrected chi connectivity index (χ3v) is 3.84. The predicted octanol–water partition coefficient (Wildman–Crippen LogP) is 4.26. The van der Waals surface area contributed by atoms with Gasteiger partial charge in [0.1, 0.15) is 0 Å². The lowest BCUT2D eigenvalue weighted by atomic mass is 10.1. The third-order valence-electron chi connectivity index (χ3n) is 2.73. The highest BCUT2D eigenvalue weighted by Gasteiger charge is 2.30. The molecule has 0 aliphatic carbocycles. The molecule has 0 bridgehead atoms. The maximum absolute atomic E-state index is 11.8. The summed E-state index contributed by atoms with van der Waals surface area (Å²) in [5.74, 6) is -0.448. The van der Waals surface area contributed by atoms with Gasteiger partial charge in [-0.3, -0.25) is 4.79 Å². The molecule has 18 heavy (non-hydrogen) atoms. The first-order valence-electron chi connectivity index (χ1n) is 5.71. The van der Waals surface area contributed by atoms with Gasteiger partial charge < -0.3 is 5.32 Å². The summed E-state index contributed by atoms with van der Waals surface area (Å²) in [6.45, 7) is 3.66. The van der Waals surface area contributed by atoms with Crippen LogP contribution >= 0.6 is 34.8 Å². The van der Waals surface area contributed by atoms with Crippen molar-refractivity contribution < 1.29 is 4.79 Å². The van der Waals surface area contributed by atoms with Crippen molar-refractivity contribution in [3.8, 4) is 0 Å². The van der Waals surface area contributed by atoms with E-state index in [-0.39, 0.29) is 24.3 Å². The molecule has 0 spiro atoms. The largest absolute Gasteiger partial charge is 0.350 e. The summed E-state index contributed by atoms with van der Waals surface area (Å²) in [6.07, 6.45) is 0.188. The fourth-order valence-electron chi connectivity index (χ4n) is 1.52. The molecule has 1 N–H and O–H groups in total. The smallest absolute Gasteiger partial charge is 0.220 e. The number of carbonyl (C=O) groups excluding carboxylic acids is 1. The van der Waals surface area contributed by atoms with Crippen LogP contribution in [0.1, 0.15) is 31.9 Å². The van der Waals surface area contributed by atoms with Crippen LogP contribution in [0.3, 0.4) is 0 Å². The molecule has 0 saturated heterocycles. The molecule has 5 heteroatoms. The van der Waals surface area contributed by atoms with Gasteiger partial charge >= 0.3 is 0 Å². The van der Waals surface area contributed by atoms with Gasteiger partial charge in [-0.2, -0.15) is 0 Å². The van der Waals surface area contributed by atoms with E-state index < -0.39 is 3.79 Å². The molecule has 2 nitrogen and oxygen atoms in total. The monoisotopic (exact) mass is 307 g/mol. The lowest BCUT2D eigenvalue weighted by Gasteiger charge is -2.21. The molecule has 0 heterocycles. The SMILES string of the molecule is CC(NC(=O)CC(C)C(Cl)(Cl)Cl)c1ccccc1. The second-order valence-corrected chi connectivity index (χ2v) is 6.72. The molecule has 1 rings (SSSR count). The van der Waals surface area contributed by atoms with Crippen LogP contribution in [0.4, 0.5) is 0 Å². The molecule has 1 amide bonds. The zero-order valence-electron chi connectivity index (χ0n) is 10.3. The highest BCUT2D eigenvalue weighted by molar-refractivity contribution is 6.67. The summed E-state index contributed by atoms with van der Waals surface area (Å²) in [5, 5.41) is 2.88. The quantitative estimate of drug-likeness (QED) is 0.827. The van der Waals surface area contributed by atoms with Crippen molar-refractivity contribution in [1.82, 2.24) is 5.32 Å². The highest BCUT2D eigenvalue weighted by atomic mass is 35.6. The Morgan fingerprint density at radius 3 is 2.28 bits per heavy atom. The summed E-state index contributed by atoms with van der Waals surface area (Å²) >= 11 is 17.2. The van der Waals surface area contributed by atoms with Crippen molar-refractivity contribution in [2.75, 3.05) is 0 Å². The van der Waals surface area contributed by atoms with Crippen LogP contribution in [0.2, 0.25) is 0 Å². The molecule has 1 aromatic carbocycles. The van der Waals surface area contributed by atoms with Crippen LogP contribution < -0.4 is 5.32 Å². The average Bonchev–Trinajstić information content (AvgIpc) is 2.28. The van der Waals surface area contributed by atoms with Crippen molar-refractivity contribution in [1.29, 1.82) is 0 Å². The molecule has 0 radical (unpaired) electrons. The van der Waals surface area contributed by atoms with Gasteiger partial charge in [0.25, 0.3) is 0 Å². The number of benzene rings is 1. The Hall–Kier alpha value is -0.440. The Morgan fingerprint density at radius 1 is 1.22 bits per heavy atom. The first-order valence-corrected chi connectivity index (χ1v) is 6.85. The van der Waals surface area contributed by atoms with Gasteiger partial charge in [-0.1, -0.05) is 72.1 Å². The average molecular weight is 309 g/mol. The lowest BCUT2D eigenvalue weighted by Crippen LogP contribution is -2.30. The summed E-state index contributed by atoms with van der Waals surface area (Å²) in [5.41, 5.74) is 1.05. The van der Waals surface area contributed by atoms with Crippen molar-refractivity contribution in [2.45, 2.75) is 30.1 Å². The maximum Gasteiger partial charge on any atom is 0.220 e. The first-order chi connectivity index (χ1) is 8.30. The Balaban J connectivity index is 2.51. The van der Waals surface area contributed by atoms with Crippen molar-refractivity contribution in [2.24, 2.45) is 5.92 Å². The lowest BCUT2D eigenvalue weighted by molar-refractivity contribution is -0.122. The molecule has 0 aliphatic heterocycles. The highest BCUT2D eigenvalue weighted by Crippen LogP contribution is 2.36. The number of alkyl halides is 3. The molecule has 100 valence electrons. The fourth-order valence-corrected chi connectivity index (χ4v) is 1.75. The number of nitrogens with one attached hydrogen (secondary N) is 1. The van der Waals surface area contributed by atoms with Crippen LogP contribution in [0.25, 0.3) is 0 Å². The number of carbonyl (C=O) groups is 1. The molecule has 0 fully saturated rings. The summed E-state index contributed by atoms with van der Waals surface area (Å²) < 4.78 is -1.41. The van der Waals surface area contributed by atoms with E-state index in [0.29, 0.717) is 0 Å². The van der Waals surface area contributed by atoms with Gasteiger partial charge in [-0.25, -0.2) is 0 Å². The first kappa shape index (κ1) is 15.6. The van der Waals surface area contributed by atoms with E-state index in [1.54, 1.807) is 6.92 Å². The number of hydrogen-bond donors (Lipinski definition) is 1. The maximum atomic E-state index is 11.8. The molecule has 0 aromatic heterocycles. The van der Waals surface area contributed by atoms with Gasteiger partial charge in [-0.05, 0) is 12.5 Å². The summed E-state index contributed by atoms with van der Waals surface area (Å²) in [6, 6.07) is 9.67. The molecule has 2 atom stereocenters. The molecular formula is C13H16Cl3NO. The van der Waals surface area contributed by atoms with Crippen molar-refractivity contribution in [3.63, 3.8) is 0 Å². The fraction of sp³-hybridized carbons (Fsp3) is 0.462. The van der Waals surface area contributed by atoms with E-state index in [4.69, 9.17) is 34.8 Å². The molecule has 0 aliphatic rings. The number of halogens is 3. The van der Waals surface area contributed by atoms with Crippen molar-refractivity contribution >= 4 is 40.7 Å². The minimum absolute atomic E-state index is 0.0544. The van der Waals surface area contributed by atoms with Gasteiger partial charge in [0.2, 0.25) is 5.91 Å². The second-order valence-electron chi connectivity index (χ2n) is 4.35. The van der Waals surface area contributed by atoms with E-state index in [1.807, 2.05) is 37.3 Å². The van der Waals surface area contributed by atoms with Crippen LogP contribution in [-0.4, -0.2) is 9.70 Å². The van der Waals surface area contributed by atoms with Crippen LogP contribution in [0.5, 0.6) is 0 Å². The van der Waals surface area contributed by atoms with E-state index in [1.165, 1.54) is 0 Å². The van der Waals surface area contributed by atoms with Gasteiger partial charge in [0.05, 0.1) is 6.04 Å². The van der Waals surface area contributed by atoms with E-state index in [0.717, 1.165) is 5.56 Å². The Bertz CT molecular complexity index is 389. The van der Waals surface area contributed by atoms with Crippen LogP contribution in [0, 0.1) is 5.92 Å². The normalized spacial score (nSPS) is 14.9. The molecule has 1 aromatic rings. The zero-order chi connectivity index (χ0) is 13.8. The Labute approximate surface area is 123 Å². The minimum Gasteiger partial charge on any atom is -0.350 e. The Morgan fingerprint density at radius 2 is 1.78 bits per heavy atom. The zero-order valence-corrected chi connectivity index (χ0v) is 12.6. The van der Waals surface area contributed by atoms with Gasteiger partial charge in [0.15, 0.2) is 3.79 Å². The van der Waals surface area contributed by atoms with Crippen LogP contribution in [0.15, 0.2) is 30.3 Å². The van der Waals surface area contributed by atoms with Crippen molar-refractivity contribution in [3.05, 3.63) is 35.9 Å². The number of rotatable bonds is 4. The van der Waals surface area contributed by atoms with Crippen LogP contribution in [-0.2, 0) is 4.79 Å². The molecule has 2 unspecified atom stereocenters. The van der Waals surface area contributed by atoms with Gasteiger partial charge in [0, 0.05) is 12.3 Å². The minimum atomic E-state index is -1.41. The van der Waals surface area contributed by atoms with Gasteiger partial charge in [-0.15, -0.1) is 0 Å². The van der Waals surface area contributed by atoms with E-state index >= 15 is 0 Å². The predicted molar refractivity (Wildman–Crippen MR) is 77.1 cm³/mol.